The largest absolute Gasteiger partial charge is 0.380 e. The van der Waals surface area contributed by atoms with Crippen LogP contribution in [0.4, 0.5) is 11.6 Å². The number of rotatable bonds is 7. The molecule has 5 nitrogen and oxygen atoms in total. The van der Waals surface area contributed by atoms with Gasteiger partial charge in [-0.1, -0.05) is 0 Å². The number of aromatic nitrogens is 2. The van der Waals surface area contributed by atoms with E-state index in [1.54, 1.807) is 0 Å². The van der Waals surface area contributed by atoms with Crippen LogP contribution in [0.25, 0.3) is 0 Å². The molecule has 1 aliphatic rings. The molecule has 1 fully saturated rings. The van der Waals surface area contributed by atoms with Gasteiger partial charge in [-0.25, -0.2) is 9.97 Å². The van der Waals surface area contributed by atoms with Gasteiger partial charge < -0.3 is 15.0 Å². The summed E-state index contributed by atoms with van der Waals surface area (Å²) in [6.07, 6.45) is 2.43. The number of hydrogen-bond donors (Lipinski definition) is 1. The molecule has 1 aliphatic carbocycles. The van der Waals surface area contributed by atoms with E-state index in [-0.39, 0.29) is 0 Å². The minimum absolute atomic E-state index is 0.562. The van der Waals surface area contributed by atoms with Crippen LogP contribution in [0.5, 0.6) is 0 Å². The molecule has 2 rings (SSSR count). The number of nitrogens with one attached hydrogen (secondary N) is 1. The predicted molar refractivity (Wildman–Crippen MR) is 78.1 cm³/mol. The lowest BCUT2D eigenvalue weighted by molar-refractivity contribution is 0.154. The van der Waals surface area contributed by atoms with Gasteiger partial charge in [-0.05, 0) is 26.7 Å². The van der Waals surface area contributed by atoms with Gasteiger partial charge in [0.05, 0.1) is 6.61 Å². The van der Waals surface area contributed by atoms with Crippen molar-refractivity contribution in [2.75, 3.05) is 44.1 Å². The lowest BCUT2D eigenvalue weighted by Gasteiger charge is -2.22. The Balaban J connectivity index is 2.19. The smallest absolute Gasteiger partial charge is 0.137 e. The van der Waals surface area contributed by atoms with Gasteiger partial charge >= 0.3 is 0 Å². The van der Waals surface area contributed by atoms with E-state index in [2.05, 4.69) is 29.2 Å². The van der Waals surface area contributed by atoms with Crippen LogP contribution in [-0.4, -0.2) is 43.8 Å². The second kappa shape index (κ2) is 6.19. The molecule has 1 aromatic rings. The summed E-state index contributed by atoms with van der Waals surface area (Å²) in [6.45, 7) is 6.41. The first-order valence-electron chi connectivity index (χ1n) is 7.02. The molecule has 1 heterocycles. The Hall–Kier alpha value is -1.36. The van der Waals surface area contributed by atoms with Crippen LogP contribution < -0.4 is 10.2 Å². The first-order chi connectivity index (χ1) is 9.17. The molecule has 5 heteroatoms. The van der Waals surface area contributed by atoms with E-state index in [0.29, 0.717) is 5.92 Å². The van der Waals surface area contributed by atoms with Gasteiger partial charge in [-0.15, -0.1) is 0 Å². The van der Waals surface area contributed by atoms with Crippen molar-refractivity contribution in [3.05, 3.63) is 11.4 Å². The zero-order chi connectivity index (χ0) is 13.8. The molecule has 0 radical (unpaired) electrons. The summed E-state index contributed by atoms with van der Waals surface area (Å²) in [5.74, 6) is 3.50. The normalized spacial score (nSPS) is 14.5. The molecule has 0 unspecified atom stereocenters. The molecule has 19 heavy (non-hydrogen) atoms. The van der Waals surface area contributed by atoms with Crippen molar-refractivity contribution in [2.24, 2.45) is 0 Å². The Morgan fingerprint density at radius 3 is 2.68 bits per heavy atom. The third-order valence-electron chi connectivity index (χ3n) is 3.45. The Kier molecular flexibility index (Phi) is 4.58. The fraction of sp³-hybridized carbons (Fsp3) is 0.714. The second-order valence-corrected chi connectivity index (χ2v) is 5.02. The van der Waals surface area contributed by atoms with E-state index in [1.165, 1.54) is 12.8 Å². The molecule has 0 aliphatic heterocycles. The number of likely N-dealkylation sites (N-methyl/N-ethyl adjacent to an activating group) is 1. The standard InChI is InChI=1S/C14H24N4O/c1-5-19-9-8-18(4)14-10(2)12(15-3)16-13(17-14)11-6-7-11/h11H,5-9H2,1-4H3,(H,15,16,17). The molecule has 1 saturated carbocycles. The molecule has 106 valence electrons. The maximum atomic E-state index is 5.41. The van der Waals surface area contributed by atoms with Crippen LogP contribution in [0.15, 0.2) is 0 Å². The summed E-state index contributed by atoms with van der Waals surface area (Å²) in [6, 6.07) is 0. The van der Waals surface area contributed by atoms with Crippen molar-refractivity contribution in [1.29, 1.82) is 0 Å². The van der Waals surface area contributed by atoms with Crippen LogP contribution in [0, 0.1) is 6.92 Å². The van der Waals surface area contributed by atoms with Crippen LogP contribution in [0.1, 0.15) is 37.1 Å². The summed E-state index contributed by atoms with van der Waals surface area (Å²) in [7, 11) is 3.97. The minimum atomic E-state index is 0.562. The van der Waals surface area contributed by atoms with Gasteiger partial charge in [-0.2, -0.15) is 0 Å². The van der Waals surface area contributed by atoms with Crippen molar-refractivity contribution >= 4 is 11.6 Å². The van der Waals surface area contributed by atoms with Gasteiger partial charge in [0.25, 0.3) is 0 Å². The Bertz CT molecular complexity index is 432. The van der Waals surface area contributed by atoms with Gasteiger partial charge in [0, 0.05) is 38.7 Å². The van der Waals surface area contributed by atoms with Crippen LogP contribution in [0.3, 0.4) is 0 Å². The molecule has 0 spiro atoms. The van der Waals surface area contributed by atoms with Crippen molar-refractivity contribution in [3.8, 4) is 0 Å². The highest BCUT2D eigenvalue weighted by Gasteiger charge is 2.28. The Morgan fingerprint density at radius 2 is 2.11 bits per heavy atom. The third kappa shape index (κ3) is 3.35. The first-order valence-corrected chi connectivity index (χ1v) is 7.02. The van der Waals surface area contributed by atoms with Gasteiger partial charge in [0.2, 0.25) is 0 Å². The average Bonchev–Trinajstić information content (AvgIpc) is 3.23. The van der Waals surface area contributed by atoms with E-state index < -0.39 is 0 Å². The molecule has 0 bridgehead atoms. The Labute approximate surface area is 115 Å². The highest BCUT2D eigenvalue weighted by molar-refractivity contribution is 5.58. The van der Waals surface area contributed by atoms with Crippen LogP contribution in [0.2, 0.25) is 0 Å². The number of hydrogen-bond acceptors (Lipinski definition) is 5. The van der Waals surface area contributed by atoms with Crippen molar-refractivity contribution < 1.29 is 4.74 Å². The quantitative estimate of drug-likeness (QED) is 0.765. The van der Waals surface area contributed by atoms with Gasteiger partial charge in [0.15, 0.2) is 0 Å². The molecular formula is C14H24N4O. The number of anilines is 2. The lowest BCUT2D eigenvalue weighted by Crippen LogP contribution is -2.25. The maximum absolute atomic E-state index is 5.41. The van der Waals surface area contributed by atoms with E-state index >= 15 is 0 Å². The lowest BCUT2D eigenvalue weighted by atomic mass is 10.2. The zero-order valence-electron chi connectivity index (χ0n) is 12.4. The third-order valence-corrected chi connectivity index (χ3v) is 3.45. The highest BCUT2D eigenvalue weighted by atomic mass is 16.5. The van der Waals surface area contributed by atoms with E-state index in [1.807, 2.05) is 14.0 Å². The average molecular weight is 264 g/mol. The van der Waals surface area contributed by atoms with Crippen LogP contribution in [-0.2, 0) is 4.74 Å². The first kappa shape index (κ1) is 14.1. The summed E-state index contributed by atoms with van der Waals surface area (Å²) < 4.78 is 5.41. The van der Waals surface area contributed by atoms with E-state index in [0.717, 1.165) is 42.8 Å². The summed E-state index contributed by atoms with van der Waals surface area (Å²) >= 11 is 0. The van der Waals surface area contributed by atoms with Crippen molar-refractivity contribution in [2.45, 2.75) is 32.6 Å². The minimum Gasteiger partial charge on any atom is -0.380 e. The monoisotopic (exact) mass is 264 g/mol. The van der Waals surface area contributed by atoms with Crippen LogP contribution >= 0.6 is 0 Å². The summed E-state index contributed by atoms with van der Waals surface area (Å²) in [5, 5.41) is 3.17. The van der Waals surface area contributed by atoms with E-state index in [9.17, 15) is 0 Å². The summed E-state index contributed by atoms with van der Waals surface area (Å²) in [4.78, 5) is 11.5. The molecule has 0 aromatic carbocycles. The molecule has 0 atom stereocenters. The zero-order valence-corrected chi connectivity index (χ0v) is 12.4. The fourth-order valence-electron chi connectivity index (χ4n) is 2.11. The second-order valence-electron chi connectivity index (χ2n) is 5.02. The highest BCUT2D eigenvalue weighted by Crippen LogP contribution is 2.39. The van der Waals surface area contributed by atoms with Gasteiger partial charge in [-0.3, -0.25) is 0 Å². The SMILES string of the molecule is CCOCCN(C)c1nc(C2CC2)nc(NC)c1C. The Morgan fingerprint density at radius 1 is 1.37 bits per heavy atom. The van der Waals surface area contributed by atoms with E-state index in [4.69, 9.17) is 9.72 Å². The fourth-order valence-corrected chi connectivity index (χ4v) is 2.11. The molecule has 0 amide bonds. The predicted octanol–water partition coefficient (Wildman–Crippen LogP) is 2.18. The molecule has 1 aromatic heterocycles. The number of ether oxygens (including phenoxy) is 1. The summed E-state index contributed by atoms with van der Waals surface area (Å²) in [5.41, 5.74) is 1.10. The number of nitrogens with zero attached hydrogens (tertiary/aromatic N) is 3. The molecule has 0 saturated heterocycles. The maximum Gasteiger partial charge on any atom is 0.137 e. The molecule has 1 N–H and O–H groups in total. The van der Waals surface area contributed by atoms with Crippen molar-refractivity contribution in [1.82, 2.24) is 9.97 Å². The van der Waals surface area contributed by atoms with Crippen molar-refractivity contribution in [3.63, 3.8) is 0 Å². The van der Waals surface area contributed by atoms with Gasteiger partial charge in [0.1, 0.15) is 17.5 Å². The molecular weight excluding hydrogens is 240 g/mol. The topological polar surface area (TPSA) is 50.3 Å².